The molecule has 15 heavy (non-hydrogen) atoms. The average Bonchev–Trinajstić information content (AvgIpc) is 2.26. The molecule has 0 aliphatic carbocycles. The number of hydrogen-bond acceptors (Lipinski definition) is 2. The van der Waals surface area contributed by atoms with Gasteiger partial charge in [-0.2, -0.15) is 0 Å². The second-order valence-electron chi connectivity index (χ2n) is 4.01. The van der Waals surface area contributed by atoms with Crippen molar-refractivity contribution in [3.05, 3.63) is 0 Å². The van der Waals surface area contributed by atoms with Crippen molar-refractivity contribution < 1.29 is 11.0 Å². The summed E-state index contributed by atoms with van der Waals surface area (Å²) >= 11 is 0. The molecule has 0 rings (SSSR count). The van der Waals surface area contributed by atoms with Crippen LogP contribution < -0.4 is 5.32 Å². The number of nitrogens with one attached hydrogen (secondary N) is 1. The Morgan fingerprint density at radius 2 is 2.00 bits per heavy atom. The molecule has 3 nitrogen and oxygen atoms in total. The van der Waals surface area contributed by atoms with E-state index in [0.717, 1.165) is 32.4 Å². The highest BCUT2D eigenvalue weighted by Gasteiger charge is 2.08. The third-order valence-corrected chi connectivity index (χ3v) is 2.63. The van der Waals surface area contributed by atoms with E-state index in [2.05, 4.69) is 5.32 Å². The van der Waals surface area contributed by atoms with Crippen molar-refractivity contribution in [2.24, 2.45) is 5.92 Å². The molecule has 0 spiro atoms. The van der Waals surface area contributed by atoms with Crippen LogP contribution in [0, 0.1) is 5.92 Å². The van der Waals surface area contributed by atoms with Crippen LogP contribution in [0.5, 0.6) is 0 Å². The van der Waals surface area contributed by atoms with Crippen LogP contribution in [0.25, 0.3) is 0 Å². The SMILES string of the molecule is CCC(C)C(=O)NCCCCCCOC.[HH]. The number of unbranched alkanes of at least 4 members (excludes halogenated alkanes) is 3. The molecule has 1 amide bonds. The average molecular weight is 217 g/mol. The van der Waals surface area contributed by atoms with Gasteiger partial charge in [-0.3, -0.25) is 4.79 Å². The van der Waals surface area contributed by atoms with E-state index in [1.54, 1.807) is 7.11 Å². The van der Waals surface area contributed by atoms with Crippen LogP contribution in [0.3, 0.4) is 0 Å². The van der Waals surface area contributed by atoms with E-state index >= 15 is 0 Å². The van der Waals surface area contributed by atoms with Gasteiger partial charge < -0.3 is 10.1 Å². The minimum absolute atomic E-state index is 0. The normalized spacial score (nSPS) is 12.5. The van der Waals surface area contributed by atoms with Gasteiger partial charge in [-0.1, -0.05) is 26.7 Å². The molecule has 0 bridgehead atoms. The first-order valence-corrected chi connectivity index (χ1v) is 5.99. The maximum Gasteiger partial charge on any atom is 0.222 e. The zero-order valence-electron chi connectivity index (χ0n) is 10.3. The molecule has 0 aliphatic rings. The van der Waals surface area contributed by atoms with E-state index < -0.39 is 0 Å². The number of amides is 1. The van der Waals surface area contributed by atoms with Gasteiger partial charge in [0.15, 0.2) is 0 Å². The number of methoxy groups -OCH3 is 1. The molecule has 0 saturated heterocycles. The Morgan fingerprint density at radius 1 is 1.33 bits per heavy atom. The molecule has 0 radical (unpaired) electrons. The summed E-state index contributed by atoms with van der Waals surface area (Å²) in [6, 6.07) is 0. The van der Waals surface area contributed by atoms with Crippen LogP contribution >= 0.6 is 0 Å². The van der Waals surface area contributed by atoms with E-state index in [-0.39, 0.29) is 13.3 Å². The molecule has 0 aromatic rings. The molecule has 0 heterocycles. The molecular formula is C12H27NO2. The van der Waals surface area contributed by atoms with Gasteiger partial charge >= 0.3 is 0 Å². The molecule has 1 atom stereocenters. The first-order valence-electron chi connectivity index (χ1n) is 5.99. The Labute approximate surface area is 95.1 Å². The van der Waals surface area contributed by atoms with E-state index in [0.29, 0.717) is 0 Å². The molecule has 3 heteroatoms. The van der Waals surface area contributed by atoms with Crippen LogP contribution in [0.2, 0.25) is 0 Å². The van der Waals surface area contributed by atoms with E-state index in [9.17, 15) is 4.79 Å². The predicted octanol–water partition coefficient (Wildman–Crippen LogP) is 2.60. The third-order valence-electron chi connectivity index (χ3n) is 2.63. The van der Waals surface area contributed by atoms with E-state index in [4.69, 9.17) is 4.74 Å². The smallest absolute Gasteiger partial charge is 0.222 e. The summed E-state index contributed by atoms with van der Waals surface area (Å²) in [5.74, 6) is 0.341. The Morgan fingerprint density at radius 3 is 2.60 bits per heavy atom. The number of hydrogen-bond donors (Lipinski definition) is 1. The van der Waals surface area contributed by atoms with Gasteiger partial charge in [0.05, 0.1) is 0 Å². The van der Waals surface area contributed by atoms with Crippen LogP contribution in [0.4, 0.5) is 0 Å². The minimum Gasteiger partial charge on any atom is -0.385 e. The maximum atomic E-state index is 11.4. The van der Waals surface area contributed by atoms with Crippen molar-refractivity contribution in [3.8, 4) is 0 Å². The predicted molar refractivity (Wildman–Crippen MR) is 64.9 cm³/mol. The molecule has 0 saturated carbocycles. The van der Waals surface area contributed by atoms with Crippen molar-refractivity contribution in [1.29, 1.82) is 0 Å². The fraction of sp³-hybridized carbons (Fsp3) is 0.917. The van der Waals surface area contributed by atoms with Gasteiger partial charge in [0, 0.05) is 27.6 Å². The minimum atomic E-state index is 0. The Bertz CT molecular complexity index is 165. The van der Waals surface area contributed by atoms with Gasteiger partial charge in [0.1, 0.15) is 0 Å². The molecule has 1 N–H and O–H groups in total. The number of carbonyl (C=O) groups is 1. The van der Waals surface area contributed by atoms with Crippen LogP contribution in [0.15, 0.2) is 0 Å². The zero-order chi connectivity index (χ0) is 11.5. The van der Waals surface area contributed by atoms with Gasteiger partial charge in [0.2, 0.25) is 5.91 Å². The number of rotatable bonds is 9. The molecule has 92 valence electrons. The Kier molecular flexibility index (Phi) is 9.59. The van der Waals surface area contributed by atoms with Crippen molar-refractivity contribution in [2.75, 3.05) is 20.3 Å². The van der Waals surface area contributed by atoms with Crippen LogP contribution in [-0.2, 0) is 9.53 Å². The standard InChI is InChI=1S/C12H25NO2.H2/c1-4-11(2)12(14)13-9-7-5-6-8-10-15-3;/h11H,4-10H2,1-3H3,(H,13,14);1H. The molecular weight excluding hydrogens is 190 g/mol. The van der Waals surface area contributed by atoms with Crippen LogP contribution in [-0.4, -0.2) is 26.2 Å². The Balaban J connectivity index is 0. The molecule has 0 aliphatic heterocycles. The maximum absolute atomic E-state index is 11.4. The van der Waals surface area contributed by atoms with Crippen molar-refractivity contribution in [3.63, 3.8) is 0 Å². The lowest BCUT2D eigenvalue weighted by Gasteiger charge is -2.09. The lowest BCUT2D eigenvalue weighted by molar-refractivity contribution is -0.124. The van der Waals surface area contributed by atoms with Gasteiger partial charge in [-0.05, 0) is 19.3 Å². The summed E-state index contributed by atoms with van der Waals surface area (Å²) in [4.78, 5) is 11.4. The summed E-state index contributed by atoms with van der Waals surface area (Å²) in [6.45, 7) is 5.66. The lowest BCUT2D eigenvalue weighted by atomic mass is 10.1. The molecule has 0 fully saturated rings. The van der Waals surface area contributed by atoms with E-state index in [1.807, 2.05) is 13.8 Å². The first kappa shape index (κ1) is 14.4. The van der Waals surface area contributed by atoms with E-state index in [1.165, 1.54) is 12.8 Å². The summed E-state index contributed by atoms with van der Waals surface area (Å²) < 4.78 is 4.96. The fourth-order valence-corrected chi connectivity index (χ4v) is 1.30. The van der Waals surface area contributed by atoms with Gasteiger partial charge in [-0.25, -0.2) is 0 Å². The highest BCUT2D eigenvalue weighted by atomic mass is 16.5. The number of carbonyl (C=O) groups excluding carboxylic acids is 1. The monoisotopic (exact) mass is 217 g/mol. The Hall–Kier alpha value is -0.570. The van der Waals surface area contributed by atoms with Crippen molar-refractivity contribution in [2.45, 2.75) is 46.0 Å². The lowest BCUT2D eigenvalue weighted by Crippen LogP contribution is -2.29. The second-order valence-corrected chi connectivity index (χ2v) is 4.01. The molecule has 0 aromatic heterocycles. The topological polar surface area (TPSA) is 38.3 Å². The van der Waals surface area contributed by atoms with Crippen LogP contribution in [0.1, 0.15) is 47.4 Å². The highest BCUT2D eigenvalue weighted by Crippen LogP contribution is 2.01. The number of ether oxygens (including phenoxy) is 1. The zero-order valence-corrected chi connectivity index (χ0v) is 10.3. The van der Waals surface area contributed by atoms with Crippen molar-refractivity contribution in [1.82, 2.24) is 5.32 Å². The summed E-state index contributed by atoms with van der Waals surface area (Å²) in [5.41, 5.74) is 0. The molecule has 0 aromatic carbocycles. The summed E-state index contributed by atoms with van der Waals surface area (Å²) in [5, 5.41) is 2.95. The third kappa shape index (κ3) is 8.43. The van der Waals surface area contributed by atoms with Gasteiger partial charge in [-0.15, -0.1) is 0 Å². The first-order chi connectivity index (χ1) is 7.22. The molecule has 1 unspecified atom stereocenters. The second kappa shape index (κ2) is 9.97. The van der Waals surface area contributed by atoms with Crippen molar-refractivity contribution >= 4 is 5.91 Å². The fourth-order valence-electron chi connectivity index (χ4n) is 1.30. The van der Waals surface area contributed by atoms with Gasteiger partial charge in [0.25, 0.3) is 0 Å². The summed E-state index contributed by atoms with van der Waals surface area (Å²) in [6.07, 6.45) is 5.47. The quantitative estimate of drug-likeness (QED) is 0.603. The largest absolute Gasteiger partial charge is 0.385 e. The summed E-state index contributed by atoms with van der Waals surface area (Å²) in [7, 11) is 1.73. The highest BCUT2D eigenvalue weighted by molar-refractivity contribution is 5.78.